The van der Waals surface area contributed by atoms with E-state index in [1.807, 2.05) is 31.7 Å². The summed E-state index contributed by atoms with van der Waals surface area (Å²) in [5.41, 5.74) is 0.842. The summed E-state index contributed by atoms with van der Waals surface area (Å²) in [7, 11) is 0. The molecule has 0 N–H and O–H groups in total. The molecule has 0 aromatic heterocycles. The molecular formula is C19H27NO3. The van der Waals surface area contributed by atoms with Gasteiger partial charge in [-0.1, -0.05) is 30.3 Å². The van der Waals surface area contributed by atoms with Gasteiger partial charge in [-0.05, 0) is 45.1 Å². The van der Waals surface area contributed by atoms with Crippen LogP contribution in [0, 0.1) is 5.92 Å². The molecule has 2 aliphatic rings. The third-order valence-corrected chi connectivity index (χ3v) is 4.76. The van der Waals surface area contributed by atoms with Gasteiger partial charge in [-0.25, -0.2) is 4.79 Å². The first-order chi connectivity index (χ1) is 10.9. The van der Waals surface area contributed by atoms with E-state index in [1.165, 1.54) is 5.56 Å². The lowest BCUT2D eigenvalue weighted by molar-refractivity contribution is -0.103. The van der Waals surface area contributed by atoms with Gasteiger partial charge < -0.3 is 14.4 Å². The van der Waals surface area contributed by atoms with Crippen LogP contribution >= 0.6 is 0 Å². The van der Waals surface area contributed by atoms with Crippen molar-refractivity contribution in [3.8, 4) is 0 Å². The molecule has 3 rings (SSSR count). The van der Waals surface area contributed by atoms with Crippen LogP contribution in [0.3, 0.4) is 0 Å². The zero-order chi connectivity index (χ0) is 16.4. The van der Waals surface area contributed by atoms with Gasteiger partial charge in [-0.15, -0.1) is 0 Å². The monoisotopic (exact) mass is 317 g/mol. The van der Waals surface area contributed by atoms with Crippen molar-refractivity contribution in [2.75, 3.05) is 19.7 Å². The van der Waals surface area contributed by atoms with Crippen molar-refractivity contribution < 1.29 is 14.3 Å². The molecule has 2 fully saturated rings. The summed E-state index contributed by atoms with van der Waals surface area (Å²) in [6.07, 6.45) is 2.26. The molecule has 2 heterocycles. The average molecular weight is 317 g/mol. The number of likely N-dealkylation sites (tertiary alicyclic amines) is 1. The van der Waals surface area contributed by atoms with E-state index in [-0.39, 0.29) is 6.09 Å². The first-order valence-corrected chi connectivity index (χ1v) is 8.58. The summed E-state index contributed by atoms with van der Waals surface area (Å²) >= 11 is 0. The Morgan fingerprint density at radius 1 is 1.22 bits per heavy atom. The van der Waals surface area contributed by atoms with E-state index in [0.29, 0.717) is 24.5 Å². The number of carbonyl (C=O) groups excluding carboxylic acids is 1. The van der Waals surface area contributed by atoms with E-state index < -0.39 is 5.60 Å². The van der Waals surface area contributed by atoms with Gasteiger partial charge in [-0.2, -0.15) is 0 Å². The number of hydrogen-bond acceptors (Lipinski definition) is 3. The SMILES string of the molecule is CC(C)(C)OC(=O)N1CCC(C2CCO2)C(c2ccccc2)C1. The molecular weight excluding hydrogens is 290 g/mol. The van der Waals surface area contributed by atoms with E-state index in [4.69, 9.17) is 9.47 Å². The fourth-order valence-electron chi connectivity index (χ4n) is 3.55. The van der Waals surface area contributed by atoms with E-state index in [0.717, 1.165) is 26.0 Å². The summed E-state index contributed by atoms with van der Waals surface area (Å²) in [5, 5.41) is 0. The Morgan fingerprint density at radius 3 is 2.48 bits per heavy atom. The minimum atomic E-state index is -0.451. The van der Waals surface area contributed by atoms with Crippen LogP contribution in [0.1, 0.15) is 45.1 Å². The predicted molar refractivity (Wildman–Crippen MR) is 89.5 cm³/mol. The van der Waals surface area contributed by atoms with Crippen molar-refractivity contribution in [2.24, 2.45) is 5.92 Å². The molecule has 1 amide bonds. The standard InChI is InChI=1S/C19H27NO3/c1-19(2,3)23-18(21)20-11-9-15(17-10-12-22-17)16(13-20)14-7-5-4-6-8-14/h4-8,15-17H,9-13H2,1-3H3. The Balaban J connectivity index is 1.75. The minimum Gasteiger partial charge on any atom is -0.444 e. The first kappa shape index (κ1) is 16.3. The molecule has 2 saturated heterocycles. The van der Waals surface area contributed by atoms with Gasteiger partial charge in [0.25, 0.3) is 0 Å². The third kappa shape index (κ3) is 3.86. The van der Waals surface area contributed by atoms with Crippen LogP contribution in [0.5, 0.6) is 0 Å². The number of carbonyl (C=O) groups is 1. The van der Waals surface area contributed by atoms with Crippen LogP contribution in [0.15, 0.2) is 30.3 Å². The molecule has 0 aliphatic carbocycles. The second-order valence-electron chi connectivity index (χ2n) is 7.59. The number of nitrogens with zero attached hydrogens (tertiary/aromatic N) is 1. The minimum absolute atomic E-state index is 0.202. The fourth-order valence-corrected chi connectivity index (χ4v) is 3.55. The topological polar surface area (TPSA) is 38.8 Å². The summed E-state index contributed by atoms with van der Waals surface area (Å²) in [6, 6.07) is 10.5. The van der Waals surface area contributed by atoms with Crippen LogP contribution in [0.2, 0.25) is 0 Å². The van der Waals surface area contributed by atoms with Crippen molar-refractivity contribution in [1.82, 2.24) is 4.90 Å². The lowest BCUT2D eigenvalue weighted by Crippen LogP contribution is -2.49. The fraction of sp³-hybridized carbons (Fsp3) is 0.632. The quantitative estimate of drug-likeness (QED) is 0.832. The van der Waals surface area contributed by atoms with Crippen LogP contribution in [-0.2, 0) is 9.47 Å². The van der Waals surface area contributed by atoms with Crippen LogP contribution in [0.25, 0.3) is 0 Å². The van der Waals surface area contributed by atoms with Crippen molar-refractivity contribution in [3.05, 3.63) is 35.9 Å². The molecule has 3 atom stereocenters. The maximum atomic E-state index is 12.4. The molecule has 3 unspecified atom stereocenters. The number of ether oxygens (including phenoxy) is 2. The zero-order valence-corrected chi connectivity index (χ0v) is 14.3. The number of amides is 1. The molecule has 4 heteroatoms. The molecule has 4 nitrogen and oxygen atoms in total. The van der Waals surface area contributed by atoms with Crippen LogP contribution in [-0.4, -0.2) is 42.4 Å². The third-order valence-electron chi connectivity index (χ3n) is 4.76. The number of rotatable bonds is 2. The molecule has 0 spiro atoms. The zero-order valence-electron chi connectivity index (χ0n) is 14.3. The lowest BCUT2D eigenvalue weighted by atomic mass is 9.75. The summed E-state index contributed by atoms with van der Waals surface area (Å²) in [6.45, 7) is 8.07. The maximum absolute atomic E-state index is 12.4. The molecule has 0 saturated carbocycles. The molecule has 0 radical (unpaired) electrons. The normalized spacial score (nSPS) is 28.1. The lowest BCUT2D eigenvalue weighted by Gasteiger charge is -2.45. The van der Waals surface area contributed by atoms with Crippen LogP contribution < -0.4 is 0 Å². The Bertz CT molecular complexity index is 533. The molecule has 2 aliphatic heterocycles. The Kier molecular flexibility index (Phi) is 4.62. The Morgan fingerprint density at radius 2 is 1.91 bits per heavy atom. The predicted octanol–water partition coefficient (Wildman–Crippen LogP) is 3.82. The van der Waals surface area contributed by atoms with Gasteiger partial charge in [0.2, 0.25) is 0 Å². The first-order valence-electron chi connectivity index (χ1n) is 8.58. The summed E-state index contributed by atoms with van der Waals surface area (Å²) in [5.74, 6) is 0.813. The van der Waals surface area contributed by atoms with Gasteiger partial charge in [0.05, 0.1) is 6.10 Å². The molecule has 1 aromatic rings. The molecule has 1 aromatic carbocycles. The van der Waals surface area contributed by atoms with Gasteiger partial charge in [0.1, 0.15) is 5.60 Å². The number of piperidine rings is 1. The van der Waals surface area contributed by atoms with Crippen molar-refractivity contribution in [1.29, 1.82) is 0 Å². The highest BCUT2D eigenvalue weighted by Gasteiger charge is 2.40. The highest BCUT2D eigenvalue weighted by Crippen LogP contribution is 2.39. The van der Waals surface area contributed by atoms with E-state index >= 15 is 0 Å². The summed E-state index contributed by atoms with van der Waals surface area (Å²) in [4.78, 5) is 14.3. The molecule has 23 heavy (non-hydrogen) atoms. The molecule has 126 valence electrons. The maximum Gasteiger partial charge on any atom is 0.410 e. The highest BCUT2D eigenvalue weighted by molar-refractivity contribution is 5.68. The van der Waals surface area contributed by atoms with E-state index in [9.17, 15) is 4.79 Å². The Labute approximate surface area is 138 Å². The van der Waals surface area contributed by atoms with Crippen LogP contribution in [0.4, 0.5) is 4.79 Å². The Hall–Kier alpha value is -1.55. The molecule has 0 bridgehead atoms. The van der Waals surface area contributed by atoms with Crippen molar-refractivity contribution in [2.45, 2.75) is 51.2 Å². The average Bonchev–Trinajstić information content (AvgIpc) is 2.45. The van der Waals surface area contributed by atoms with E-state index in [2.05, 4.69) is 24.3 Å². The smallest absolute Gasteiger partial charge is 0.410 e. The van der Waals surface area contributed by atoms with Gasteiger partial charge in [-0.3, -0.25) is 0 Å². The van der Waals surface area contributed by atoms with Crippen molar-refractivity contribution >= 4 is 6.09 Å². The van der Waals surface area contributed by atoms with Gasteiger partial charge >= 0.3 is 6.09 Å². The highest BCUT2D eigenvalue weighted by atomic mass is 16.6. The van der Waals surface area contributed by atoms with Crippen molar-refractivity contribution in [3.63, 3.8) is 0 Å². The number of benzene rings is 1. The van der Waals surface area contributed by atoms with E-state index in [1.54, 1.807) is 0 Å². The summed E-state index contributed by atoms with van der Waals surface area (Å²) < 4.78 is 11.3. The second-order valence-corrected chi connectivity index (χ2v) is 7.59. The second kappa shape index (κ2) is 6.52. The van der Waals surface area contributed by atoms with Gasteiger partial charge in [0.15, 0.2) is 0 Å². The largest absolute Gasteiger partial charge is 0.444 e. The van der Waals surface area contributed by atoms with Gasteiger partial charge in [0, 0.05) is 25.6 Å². The number of hydrogen-bond donors (Lipinski definition) is 0.